The van der Waals surface area contributed by atoms with Crippen molar-refractivity contribution in [3.8, 4) is 6.07 Å². The van der Waals surface area contributed by atoms with Crippen LogP contribution in [0.1, 0.15) is 47.3 Å². The summed E-state index contributed by atoms with van der Waals surface area (Å²) in [6.45, 7) is 3.34. The summed E-state index contributed by atoms with van der Waals surface area (Å²) in [5.74, 6) is 0.360. The van der Waals surface area contributed by atoms with Gasteiger partial charge in [0.25, 0.3) is 5.91 Å². The van der Waals surface area contributed by atoms with Gasteiger partial charge in [-0.15, -0.1) is 0 Å². The summed E-state index contributed by atoms with van der Waals surface area (Å²) in [4.78, 5) is 32.4. The number of benzene rings is 2. The van der Waals surface area contributed by atoms with Gasteiger partial charge in [0.1, 0.15) is 11.9 Å². The van der Waals surface area contributed by atoms with E-state index in [9.17, 15) is 9.59 Å². The number of hydrogen-bond donors (Lipinski definition) is 2. The molecular weight excluding hydrogens is 426 g/mol. The van der Waals surface area contributed by atoms with Crippen LogP contribution in [0.3, 0.4) is 0 Å². The van der Waals surface area contributed by atoms with E-state index < -0.39 is 0 Å². The summed E-state index contributed by atoms with van der Waals surface area (Å²) in [6.07, 6.45) is 2.94. The maximum atomic E-state index is 13.0. The van der Waals surface area contributed by atoms with E-state index in [4.69, 9.17) is 5.26 Å². The molecule has 172 valence electrons. The van der Waals surface area contributed by atoms with Crippen molar-refractivity contribution in [3.63, 3.8) is 0 Å². The number of hydrogen-bond acceptors (Lipinski definition) is 5. The van der Waals surface area contributed by atoms with Crippen LogP contribution in [0.4, 0.5) is 11.5 Å². The molecule has 3 aromatic rings. The maximum Gasteiger partial charge on any atom is 0.253 e. The minimum absolute atomic E-state index is 0.0798. The van der Waals surface area contributed by atoms with Crippen LogP contribution in [-0.2, 0) is 4.79 Å². The molecule has 0 bridgehead atoms. The van der Waals surface area contributed by atoms with Gasteiger partial charge in [-0.3, -0.25) is 9.59 Å². The predicted molar refractivity (Wildman–Crippen MR) is 131 cm³/mol. The van der Waals surface area contributed by atoms with Crippen molar-refractivity contribution in [2.45, 2.75) is 25.8 Å². The van der Waals surface area contributed by atoms with Gasteiger partial charge in [0.15, 0.2) is 0 Å². The number of aromatic nitrogens is 1. The normalized spacial score (nSPS) is 14.6. The number of carbonyl (C=O) groups excluding carboxylic acids is 2. The topological polar surface area (TPSA) is 98.1 Å². The third-order valence-corrected chi connectivity index (χ3v) is 6.14. The monoisotopic (exact) mass is 453 g/mol. The van der Waals surface area contributed by atoms with Crippen LogP contribution in [0.25, 0.3) is 0 Å². The molecule has 0 aliphatic carbocycles. The molecule has 2 N–H and O–H groups in total. The molecular formula is C27H27N5O2. The van der Waals surface area contributed by atoms with Gasteiger partial charge in [0.2, 0.25) is 5.91 Å². The molecule has 1 unspecified atom stereocenters. The molecule has 1 saturated heterocycles. The summed E-state index contributed by atoms with van der Waals surface area (Å²) in [5.41, 5.74) is 2.50. The second kappa shape index (κ2) is 10.6. The SMILES string of the molecule is CC(NC(=O)c1ccccc1NC(=O)C1CCN(c2ccc(C#N)cn2)CC1)c1ccccc1. The highest BCUT2D eigenvalue weighted by Crippen LogP contribution is 2.25. The Bertz CT molecular complexity index is 1180. The van der Waals surface area contributed by atoms with Gasteiger partial charge in [-0.1, -0.05) is 42.5 Å². The van der Waals surface area contributed by atoms with Crippen LogP contribution in [0.5, 0.6) is 0 Å². The second-order valence-corrected chi connectivity index (χ2v) is 8.42. The van der Waals surface area contributed by atoms with Gasteiger partial charge >= 0.3 is 0 Å². The molecule has 1 aliphatic heterocycles. The first kappa shape index (κ1) is 23.0. The molecule has 34 heavy (non-hydrogen) atoms. The van der Waals surface area contributed by atoms with Gasteiger partial charge in [-0.05, 0) is 49.6 Å². The molecule has 2 heterocycles. The smallest absolute Gasteiger partial charge is 0.253 e. The minimum Gasteiger partial charge on any atom is -0.357 e. The third-order valence-electron chi connectivity index (χ3n) is 6.14. The Morgan fingerprint density at radius 1 is 1.03 bits per heavy atom. The lowest BCUT2D eigenvalue weighted by molar-refractivity contribution is -0.120. The third kappa shape index (κ3) is 5.41. The summed E-state index contributed by atoms with van der Waals surface area (Å²) in [7, 11) is 0. The number of amides is 2. The fourth-order valence-corrected chi connectivity index (χ4v) is 4.13. The fraction of sp³-hybridized carbons (Fsp3) is 0.259. The Hall–Kier alpha value is -4.18. The first-order valence-corrected chi connectivity index (χ1v) is 11.4. The minimum atomic E-state index is -0.228. The highest BCUT2D eigenvalue weighted by Gasteiger charge is 2.26. The fourth-order valence-electron chi connectivity index (χ4n) is 4.13. The summed E-state index contributed by atoms with van der Waals surface area (Å²) >= 11 is 0. The van der Waals surface area contributed by atoms with E-state index in [0.29, 0.717) is 42.7 Å². The van der Waals surface area contributed by atoms with Crippen molar-refractivity contribution in [2.24, 2.45) is 5.92 Å². The molecule has 4 rings (SSSR count). The molecule has 1 aromatic heterocycles. The number of nitriles is 1. The molecule has 1 atom stereocenters. The van der Waals surface area contributed by atoms with Crippen molar-refractivity contribution < 1.29 is 9.59 Å². The summed E-state index contributed by atoms with van der Waals surface area (Å²) < 4.78 is 0. The molecule has 2 aromatic carbocycles. The Kier molecular flexibility index (Phi) is 7.19. The lowest BCUT2D eigenvalue weighted by Crippen LogP contribution is -2.38. The zero-order chi connectivity index (χ0) is 23.9. The lowest BCUT2D eigenvalue weighted by atomic mass is 9.95. The highest BCUT2D eigenvalue weighted by atomic mass is 16.2. The standard InChI is InChI=1S/C27H27N5O2/c1-19(21-7-3-2-4-8-21)30-27(34)23-9-5-6-10-24(23)31-26(33)22-13-15-32(16-14-22)25-12-11-20(17-28)18-29-25/h2-12,18-19,22H,13-16H2,1H3,(H,30,34)(H,31,33). The Morgan fingerprint density at radius 2 is 1.74 bits per heavy atom. The van der Waals surface area contributed by atoms with Gasteiger partial charge in [-0.25, -0.2) is 4.98 Å². The molecule has 0 spiro atoms. The van der Waals surface area contributed by atoms with Crippen LogP contribution in [0, 0.1) is 17.2 Å². The van der Waals surface area contributed by atoms with Crippen molar-refractivity contribution in [2.75, 3.05) is 23.3 Å². The maximum absolute atomic E-state index is 13.0. The molecule has 0 saturated carbocycles. The Labute approximate surface area is 199 Å². The molecule has 1 aliphatic rings. The Morgan fingerprint density at radius 3 is 2.41 bits per heavy atom. The average Bonchev–Trinajstić information content (AvgIpc) is 2.89. The number of para-hydroxylation sites is 1. The zero-order valence-corrected chi connectivity index (χ0v) is 19.1. The number of carbonyl (C=O) groups is 2. The van der Waals surface area contributed by atoms with Crippen LogP contribution in [-0.4, -0.2) is 29.9 Å². The van der Waals surface area contributed by atoms with Crippen LogP contribution < -0.4 is 15.5 Å². The number of pyridine rings is 1. The van der Waals surface area contributed by atoms with Crippen molar-refractivity contribution in [1.29, 1.82) is 5.26 Å². The zero-order valence-electron chi connectivity index (χ0n) is 19.1. The second-order valence-electron chi connectivity index (χ2n) is 8.42. The number of piperidine rings is 1. The van der Waals surface area contributed by atoms with Crippen LogP contribution >= 0.6 is 0 Å². The van der Waals surface area contributed by atoms with Gasteiger partial charge < -0.3 is 15.5 Å². The van der Waals surface area contributed by atoms with Gasteiger partial charge in [0, 0.05) is 25.2 Å². The summed E-state index contributed by atoms with van der Waals surface area (Å²) in [6, 6.07) is 22.4. The lowest BCUT2D eigenvalue weighted by Gasteiger charge is -2.32. The molecule has 1 fully saturated rings. The van der Waals surface area contributed by atoms with Gasteiger partial charge in [0.05, 0.1) is 22.9 Å². The van der Waals surface area contributed by atoms with Crippen LogP contribution in [0.2, 0.25) is 0 Å². The molecule has 7 heteroatoms. The van der Waals surface area contributed by atoms with E-state index in [2.05, 4.69) is 26.6 Å². The first-order chi connectivity index (χ1) is 16.5. The van der Waals surface area contributed by atoms with Crippen LogP contribution in [0.15, 0.2) is 72.9 Å². The molecule has 0 radical (unpaired) electrons. The van der Waals surface area contributed by atoms with E-state index in [1.54, 1.807) is 30.5 Å². The van der Waals surface area contributed by atoms with Crippen molar-refractivity contribution in [1.82, 2.24) is 10.3 Å². The number of rotatable bonds is 6. The first-order valence-electron chi connectivity index (χ1n) is 11.4. The van der Waals surface area contributed by atoms with Crippen molar-refractivity contribution in [3.05, 3.63) is 89.6 Å². The highest BCUT2D eigenvalue weighted by molar-refractivity contribution is 6.04. The quantitative estimate of drug-likeness (QED) is 0.580. The largest absolute Gasteiger partial charge is 0.357 e. The van der Waals surface area contributed by atoms with E-state index >= 15 is 0 Å². The molecule has 2 amide bonds. The number of anilines is 2. The van der Waals surface area contributed by atoms with Gasteiger partial charge in [-0.2, -0.15) is 5.26 Å². The Balaban J connectivity index is 1.36. The average molecular weight is 454 g/mol. The van der Waals surface area contributed by atoms with E-state index in [1.165, 1.54) is 0 Å². The number of nitrogens with zero attached hydrogens (tertiary/aromatic N) is 3. The predicted octanol–water partition coefficient (Wildman–Crippen LogP) is 4.30. The summed E-state index contributed by atoms with van der Waals surface area (Å²) in [5, 5.41) is 14.9. The number of nitrogens with one attached hydrogen (secondary N) is 2. The molecule has 7 nitrogen and oxygen atoms in total. The van der Waals surface area contributed by atoms with E-state index in [1.807, 2.05) is 49.4 Å². The van der Waals surface area contributed by atoms with E-state index in [-0.39, 0.29) is 23.8 Å². The van der Waals surface area contributed by atoms with E-state index in [0.717, 1.165) is 11.4 Å². The van der Waals surface area contributed by atoms with Crippen molar-refractivity contribution >= 4 is 23.3 Å².